The molecule has 1 fully saturated rings. The number of esters is 1. The summed E-state index contributed by atoms with van der Waals surface area (Å²) in [7, 11) is 0. The molecule has 1 aromatic rings. The van der Waals surface area contributed by atoms with Crippen LogP contribution in [0.4, 0.5) is 0 Å². The van der Waals surface area contributed by atoms with E-state index in [0.717, 1.165) is 6.42 Å². The standard InChI is InChI=1S/C19H25N3O5S/c1-3-11-27-14-7-5-13(6-8-14)17(24)21-19(28)22-10-9-20-18(25)15(22)12-16(23)26-4-2/h5-8,15H,3-4,9-12H2,1-2H3,(H,20,25)(H,21,24,28)/t15-/m1/s1. The van der Waals surface area contributed by atoms with Crippen molar-refractivity contribution in [2.24, 2.45) is 0 Å². The number of piperazine rings is 1. The third-order valence-electron chi connectivity index (χ3n) is 4.07. The molecule has 2 rings (SSSR count). The third-order valence-corrected chi connectivity index (χ3v) is 4.40. The number of nitrogens with one attached hydrogen (secondary N) is 2. The predicted octanol–water partition coefficient (Wildman–Crippen LogP) is 1.24. The van der Waals surface area contributed by atoms with Gasteiger partial charge in [-0.15, -0.1) is 0 Å². The van der Waals surface area contributed by atoms with Crippen molar-refractivity contribution in [1.82, 2.24) is 15.5 Å². The summed E-state index contributed by atoms with van der Waals surface area (Å²) < 4.78 is 10.4. The topological polar surface area (TPSA) is 97.0 Å². The third kappa shape index (κ3) is 5.91. The van der Waals surface area contributed by atoms with E-state index in [-0.39, 0.29) is 24.0 Å². The highest BCUT2D eigenvalue weighted by atomic mass is 32.1. The summed E-state index contributed by atoms with van der Waals surface area (Å²) in [5.74, 6) is -0.532. The van der Waals surface area contributed by atoms with Gasteiger partial charge in [0.1, 0.15) is 11.8 Å². The molecule has 0 unspecified atom stereocenters. The van der Waals surface area contributed by atoms with Crippen LogP contribution in [0.3, 0.4) is 0 Å². The monoisotopic (exact) mass is 407 g/mol. The molecule has 1 heterocycles. The van der Waals surface area contributed by atoms with Gasteiger partial charge in [0.2, 0.25) is 5.91 Å². The molecule has 2 N–H and O–H groups in total. The Hall–Kier alpha value is -2.68. The second-order valence-electron chi connectivity index (χ2n) is 6.14. The summed E-state index contributed by atoms with van der Waals surface area (Å²) in [6.45, 7) is 5.30. The predicted molar refractivity (Wildman–Crippen MR) is 107 cm³/mol. The average Bonchev–Trinajstić information content (AvgIpc) is 2.68. The first kappa shape index (κ1) is 21.6. The van der Waals surface area contributed by atoms with Crippen molar-refractivity contribution in [2.45, 2.75) is 32.7 Å². The van der Waals surface area contributed by atoms with Crippen molar-refractivity contribution in [2.75, 3.05) is 26.3 Å². The lowest BCUT2D eigenvalue weighted by Gasteiger charge is -2.36. The highest BCUT2D eigenvalue weighted by Gasteiger charge is 2.34. The molecule has 0 bridgehead atoms. The molecule has 9 heteroatoms. The van der Waals surface area contributed by atoms with Crippen molar-refractivity contribution >= 4 is 35.1 Å². The Kier molecular flexibility index (Phi) is 8.19. The molecule has 8 nitrogen and oxygen atoms in total. The summed E-state index contributed by atoms with van der Waals surface area (Å²) in [5.41, 5.74) is 0.412. The quantitative estimate of drug-likeness (QED) is 0.519. The minimum Gasteiger partial charge on any atom is -0.494 e. The molecule has 0 saturated carbocycles. The van der Waals surface area contributed by atoms with Crippen molar-refractivity contribution in [3.05, 3.63) is 29.8 Å². The van der Waals surface area contributed by atoms with Crippen LogP contribution >= 0.6 is 12.2 Å². The summed E-state index contributed by atoms with van der Waals surface area (Å²) in [6.07, 6.45) is 0.756. The Morgan fingerprint density at radius 3 is 2.64 bits per heavy atom. The fourth-order valence-electron chi connectivity index (χ4n) is 2.70. The van der Waals surface area contributed by atoms with Gasteiger partial charge in [0.25, 0.3) is 5.91 Å². The molecule has 152 valence electrons. The van der Waals surface area contributed by atoms with E-state index in [2.05, 4.69) is 10.6 Å². The number of hydrogen-bond acceptors (Lipinski definition) is 6. The van der Waals surface area contributed by atoms with Gasteiger partial charge in [0, 0.05) is 18.7 Å². The molecule has 1 atom stereocenters. The lowest BCUT2D eigenvalue weighted by atomic mass is 10.1. The highest BCUT2D eigenvalue weighted by Crippen LogP contribution is 2.14. The number of nitrogens with zero attached hydrogens (tertiary/aromatic N) is 1. The molecule has 0 spiro atoms. The van der Waals surface area contributed by atoms with E-state index < -0.39 is 17.9 Å². The van der Waals surface area contributed by atoms with Gasteiger partial charge in [-0.3, -0.25) is 19.7 Å². The molecular formula is C19H25N3O5S. The SMILES string of the molecule is CCCOc1ccc(C(=O)NC(=S)N2CCNC(=O)[C@H]2CC(=O)OCC)cc1. The minimum atomic E-state index is -0.814. The second kappa shape index (κ2) is 10.6. The van der Waals surface area contributed by atoms with E-state index >= 15 is 0 Å². The summed E-state index contributed by atoms with van der Waals surface area (Å²) >= 11 is 5.32. The van der Waals surface area contributed by atoms with Crippen molar-refractivity contribution in [1.29, 1.82) is 0 Å². The Morgan fingerprint density at radius 1 is 1.29 bits per heavy atom. The van der Waals surface area contributed by atoms with Crippen LogP contribution in [0.2, 0.25) is 0 Å². The van der Waals surface area contributed by atoms with Crippen molar-refractivity contribution in [3.63, 3.8) is 0 Å². The lowest BCUT2D eigenvalue weighted by Crippen LogP contribution is -2.60. The van der Waals surface area contributed by atoms with E-state index in [4.69, 9.17) is 21.7 Å². The maximum atomic E-state index is 12.5. The van der Waals surface area contributed by atoms with Gasteiger partial charge in [-0.05, 0) is 49.8 Å². The van der Waals surface area contributed by atoms with Gasteiger partial charge in [0.15, 0.2) is 5.11 Å². The van der Waals surface area contributed by atoms with Crippen LogP contribution in [0.5, 0.6) is 5.75 Å². The first-order valence-electron chi connectivity index (χ1n) is 9.24. The fourth-order valence-corrected chi connectivity index (χ4v) is 3.01. The molecule has 1 aliphatic heterocycles. The molecule has 2 amide bonds. The molecule has 0 aliphatic carbocycles. The van der Waals surface area contributed by atoms with Gasteiger partial charge in [-0.25, -0.2) is 0 Å². The molecular weight excluding hydrogens is 382 g/mol. The van der Waals surface area contributed by atoms with Crippen LogP contribution in [0.1, 0.15) is 37.0 Å². The number of benzene rings is 1. The van der Waals surface area contributed by atoms with Gasteiger partial charge in [0.05, 0.1) is 19.6 Å². The molecule has 0 aromatic heterocycles. The highest BCUT2D eigenvalue weighted by molar-refractivity contribution is 7.80. The fraction of sp³-hybridized carbons (Fsp3) is 0.474. The van der Waals surface area contributed by atoms with E-state index in [1.165, 1.54) is 0 Å². The Balaban J connectivity index is 2.01. The van der Waals surface area contributed by atoms with E-state index in [1.54, 1.807) is 36.1 Å². The molecule has 1 saturated heterocycles. The molecule has 1 aromatic carbocycles. The summed E-state index contributed by atoms with van der Waals surface area (Å²) in [4.78, 5) is 38.0. The van der Waals surface area contributed by atoms with Gasteiger partial charge >= 0.3 is 5.97 Å². The van der Waals surface area contributed by atoms with E-state index in [9.17, 15) is 14.4 Å². The number of thiocarbonyl (C=S) groups is 1. The number of carbonyl (C=O) groups is 3. The Morgan fingerprint density at radius 2 is 2.00 bits per heavy atom. The number of carbonyl (C=O) groups excluding carboxylic acids is 3. The number of hydrogen-bond donors (Lipinski definition) is 2. The minimum absolute atomic E-state index is 0.0976. The zero-order chi connectivity index (χ0) is 20.5. The van der Waals surface area contributed by atoms with Crippen LogP contribution in [0, 0.1) is 0 Å². The van der Waals surface area contributed by atoms with Gasteiger partial charge in [-0.2, -0.15) is 0 Å². The Bertz CT molecular complexity index is 723. The lowest BCUT2D eigenvalue weighted by molar-refractivity contribution is -0.147. The van der Waals surface area contributed by atoms with Crippen LogP contribution in [-0.2, 0) is 14.3 Å². The number of amides is 2. The van der Waals surface area contributed by atoms with Crippen molar-refractivity contribution in [3.8, 4) is 5.75 Å². The molecule has 28 heavy (non-hydrogen) atoms. The molecule has 0 radical (unpaired) electrons. The second-order valence-corrected chi connectivity index (χ2v) is 6.53. The first-order chi connectivity index (χ1) is 13.5. The number of rotatable bonds is 7. The van der Waals surface area contributed by atoms with Crippen LogP contribution in [-0.4, -0.2) is 60.1 Å². The summed E-state index contributed by atoms with van der Waals surface area (Å²) in [6, 6.07) is 5.89. The zero-order valence-electron chi connectivity index (χ0n) is 16.0. The maximum absolute atomic E-state index is 12.5. The van der Waals surface area contributed by atoms with Crippen LogP contribution in [0.25, 0.3) is 0 Å². The van der Waals surface area contributed by atoms with Gasteiger partial charge < -0.3 is 19.7 Å². The number of ether oxygens (including phenoxy) is 2. The normalized spacial score (nSPS) is 16.1. The first-order valence-corrected chi connectivity index (χ1v) is 9.65. The van der Waals surface area contributed by atoms with E-state index in [0.29, 0.717) is 31.0 Å². The smallest absolute Gasteiger partial charge is 0.308 e. The van der Waals surface area contributed by atoms with Crippen LogP contribution < -0.4 is 15.4 Å². The van der Waals surface area contributed by atoms with Crippen LogP contribution in [0.15, 0.2) is 24.3 Å². The average molecular weight is 407 g/mol. The zero-order valence-corrected chi connectivity index (χ0v) is 16.8. The maximum Gasteiger partial charge on any atom is 0.308 e. The van der Waals surface area contributed by atoms with E-state index in [1.807, 2.05) is 6.92 Å². The van der Waals surface area contributed by atoms with Crippen molar-refractivity contribution < 1.29 is 23.9 Å². The van der Waals surface area contributed by atoms with Gasteiger partial charge in [-0.1, -0.05) is 6.92 Å². The Labute approximate surface area is 169 Å². The molecule has 1 aliphatic rings. The summed E-state index contributed by atoms with van der Waals surface area (Å²) in [5, 5.41) is 5.43. The largest absolute Gasteiger partial charge is 0.494 e.